The predicted octanol–water partition coefficient (Wildman–Crippen LogP) is 5.62. The zero-order valence-corrected chi connectivity index (χ0v) is 18.3. The van der Waals surface area contributed by atoms with Crippen molar-refractivity contribution in [1.29, 1.82) is 0 Å². The zero-order valence-electron chi connectivity index (χ0n) is 18.3. The molecular formula is C26H25N3O3. The van der Waals surface area contributed by atoms with Gasteiger partial charge in [-0.1, -0.05) is 12.1 Å². The maximum atomic E-state index is 12.3. The van der Waals surface area contributed by atoms with Gasteiger partial charge in [-0.2, -0.15) is 0 Å². The van der Waals surface area contributed by atoms with Gasteiger partial charge in [0.25, 0.3) is 5.91 Å². The van der Waals surface area contributed by atoms with E-state index in [9.17, 15) is 4.79 Å². The van der Waals surface area contributed by atoms with Crippen LogP contribution in [0, 0.1) is 13.8 Å². The summed E-state index contributed by atoms with van der Waals surface area (Å²) in [6.45, 7) is 3.95. The maximum absolute atomic E-state index is 12.3. The van der Waals surface area contributed by atoms with Crippen molar-refractivity contribution in [2.45, 2.75) is 13.8 Å². The fourth-order valence-electron chi connectivity index (χ4n) is 3.41. The molecule has 3 aromatic carbocycles. The van der Waals surface area contributed by atoms with Gasteiger partial charge in [-0.25, -0.2) is 4.98 Å². The van der Waals surface area contributed by atoms with Crippen molar-refractivity contribution < 1.29 is 14.3 Å². The first-order valence-electron chi connectivity index (χ1n) is 10.3. The second kappa shape index (κ2) is 9.39. The molecular weight excluding hydrogens is 402 g/mol. The number of fused-ring (bicyclic) bond motifs is 1. The summed E-state index contributed by atoms with van der Waals surface area (Å²) in [6.07, 6.45) is 0. The van der Waals surface area contributed by atoms with Crippen LogP contribution in [0.4, 0.5) is 17.2 Å². The van der Waals surface area contributed by atoms with Gasteiger partial charge in [-0.05, 0) is 85.6 Å². The van der Waals surface area contributed by atoms with Crippen LogP contribution in [-0.4, -0.2) is 24.6 Å². The fraction of sp³-hybridized carbons (Fsp3) is 0.154. The number of hydrogen-bond acceptors (Lipinski definition) is 5. The number of nitrogens with one attached hydrogen (secondary N) is 2. The monoisotopic (exact) mass is 427 g/mol. The topological polar surface area (TPSA) is 72.5 Å². The molecule has 0 bridgehead atoms. The van der Waals surface area contributed by atoms with Crippen molar-refractivity contribution in [2.24, 2.45) is 0 Å². The second-order valence-corrected chi connectivity index (χ2v) is 7.56. The lowest BCUT2D eigenvalue weighted by molar-refractivity contribution is -0.118. The molecule has 4 aromatic rings. The third kappa shape index (κ3) is 5.16. The first kappa shape index (κ1) is 21.2. The molecule has 4 rings (SSSR count). The van der Waals surface area contributed by atoms with Gasteiger partial charge in [0, 0.05) is 16.8 Å². The van der Waals surface area contributed by atoms with Gasteiger partial charge in [0.15, 0.2) is 6.61 Å². The molecule has 1 amide bonds. The van der Waals surface area contributed by atoms with Gasteiger partial charge in [0.1, 0.15) is 17.3 Å². The van der Waals surface area contributed by atoms with Crippen molar-refractivity contribution in [3.8, 4) is 11.5 Å². The molecule has 32 heavy (non-hydrogen) atoms. The van der Waals surface area contributed by atoms with Crippen molar-refractivity contribution in [1.82, 2.24) is 4.98 Å². The van der Waals surface area contributed by atoms with E-state index in [1.54, 1.807) is 7.11 Å². The lowest BCUT2D eigenvalue weighted by Crippen LogP contribution is -2.20. The number of amides is 1. The number of rotatable bonds is 7. The summed E-state index contributed by atoms with van der Waals surface area (Å²) in [6, 6.07) is 23.0. The van der Waals surface area contributed by atoms with E-state index in [4.69, 9.17) is 14.5 Å². The number of methoxy groups -OCH3 is 1. The molecule has 0 spiro atoms. The van der Waals surface area contributed by atoms with E-state index >= 15 is 0 Å². The highest BCUT2D eigenvalue weighted by Gasteiger charge is 2.08. The summed E-state index contributed by atoms with van der Waals surface area (Å²) in [7, 11) is 1.64. The highest BCUT2D eigenvalue weighted by atomic mass is 16.5. The Bertz CT molecular complexity index is 1250. The summed E-state index contributed by atoms with van der Waals surface area (Å²) in [5.74, 6) is 2.02. The molecule has 0 aliphatic rings. The number of nitrogens with zero attached hydrogens (tertiary/aromatic N) is 1. The first-order valence-corrected chi connectivity index (χ1v) is 10.3. The number of benzene rings is 3. The number of pyridine rings is 1. The quantitative estimate of drug-likeness (QED) is 0.400. The number of ether oxygens (including phenoxy) is 2. The summed E-state index contributed by atoms with van der Waals surface area (Å²) in [4.78, 5) is 17.0. The first-order chi connectivity index (χ1) is 15.5. The van der Waals surface area contributed by atoms with Crippen LogP contribution in [-0.2, 0) is 4.79 Å². The molecule has 0 radical (unpaired) electrons. The van der Waals surface area contributed by atoms with Crippen molar-refractivity contribution >= 4 is 34.0 Å². The van der Waals surface area contributed by atoms with E-state index in [0.29, 0.717) is 11.4 Å². The van der Waals surface area contributed by atoms with Crippen LogP contribution in [0.5, 0.6) is 11.5 Å². The van der Waals surface area contributed by atoms with Crippen LogP contribution in [0.15, 0.2) is 72.8 Å². The van der Waals surface area contributed by atoms with Crippen LogP contribution >= 0.6 is 0 Å². The summed E-state index contributed by atoms with van der Waals surface area (Å²) < 4.78 is 10.8. The smallest absolute Gasteiger partial charge is 0.262 e. The Morgan fingerprint density at radius 2 is 1.69 bits per heavy atom. The standard InChI is InChI=1S/C26H25N3O3/c1-17-5-4-6-22(13-17)32-16-26(30)28-20-9-12-24-23(15-20)18(2)14-25(29-24)27-19-7-10-21(31-3)11-8-19/h4-15H,16H2,1-3H3,(H,27,29)(H,28,30). The highest BCUT2D eigenvalue weighted by Crippen LogP contribution is 2.26. The van der Waals surface area contributed by atoms with Crippen LogP contribution in [0.25, 0.3) is 10.9 Å². The Kier molecular flexibility index (Phi) is 6.22. The molecule has 0 saturated heterocycles. The number of hydrogen-bond donors (Lipinski definition) is 2. The minimum Gasteiger partial charge on any atom is -0.497 e. The molecule has 0 saturated carbocycles. The van der Waals surface area contributed by atoms with Gasteiger partial charge in [0.05, 0.1) is 12.6 Å². The lowest BCUT2D eigenvalue weighted by Gasteiger charge is -2.12. The summed E-state index contributed by atoms with van der Waals surface area (Å²) in [5, 5.41) is 7.19. The van der Waals surface area contributed by atoms with Crippen LogP contribution in [0.2, 0.25) is 0 Å². The average molecular weight is 428 g/mol. The maximum Gasteiger partial charge on any atom is 0.262 e. The molecule has 6 nitrogen and oxygen atoms in total. The van der Waals surface area contributed by atoms with Gasteiger partial charge in [-0.15, -0.1) is 0 Å². The van der Waals surface area contributed by atoms with Crippen molar-refractivity contribution in [3.63, 3.8) is 0 Å². The van der Waals surface area contributed by atoms with E-state index < -0.39 is 0 Å². The number of carbonyl (C=O) groups is 1. The molecule has 0 fully saturated rings. The third-order valence-electron chi connectivity index (χ3n) is 5.02. The molecule has 1 heterocycles. The minimum absolute atomic E-state index is 0.0521. The second-order valence-electron chi connectivity index (χ2n) is 7.56. The number of aryl methyl sites for hydroxylation is 2. The molecule has 2 N–H and O–H groups in total. The van der Waals surface area contributed by atoms with Gasteiger partial charge >= 0.3 is 0 Å². The Balaban J connectivity index is 1.44. The number of aromatic nitrogens is 1. The zero-order chi connectivity index (χ0) is 22.5. The molecule has 162 valence electrons. The molecule has 0 aliphatic heterocycles. The molecule has 0 atom stereocenters. The van der Waals surface area contributed by atoms with Crippen molar-refractivity contribution in [2.75, 3.05) is 24.4 Å². The largest absolute Gasteiger partial charge is 0.497 e. The summed E-state index contributed by atoms with van der Waals surface area (Å²) in [5.41, 5.74) is 4.61. The SMILES string of the molecule is COc1ccc(Nc2cc(C)c3cc(NC(=O)COc4cccc(C)c4)ccc3n2)cc1. The molecule has 6 heteroatoms. The number of carbonyl (C=O) groups excluding carboxylic acids is 1. The molecule has 1 aromatic heterocycles. The lowest BCUT2D eigenvalue weighted by atomic mass is 10.1. The predicted molar refractivity (Wildman–Crippen MR) is 128 cm³/mol. The Hall–Kier alpha value is -4.06. The van der Waals surface area contributed by atoms with Crippen LogP contribution in [0.3, 0.4) is 0 Å². The van der Waals surface area contributed by atoms with Gasteiger partial charge in [-0.3, -0.25) is 4.79 Å². The van der Waals surface area contributed by atoms with E-state index in [1.807, 2.05) is 86.6 Å². The Morgan fingerprint density at radius 1 is 0.906 bits per heavy atom. The number of anilines is 3. The highest BCUT2D eigenvalue weighted by molar-refractivity contribution is 5.95. The van der Waals surface area contributed by atoms with E-state index in [1.165, 1.54) is 0 Å². The molecule has 0 unspecified atom stereocenters. The molecule has 0 aliphatic carbocycles. The summed E-state index contributed by atoms with van der Waals surface area (Å²) >= 11 is 0. The van der Waals surface area contributed by atoms with Crippen molar-refractivity contribution in [3.05, 3.63) is 83.9 Å². The van der Waals surface area contributed by atoms with E-state index in [2.05, 4.69) is 10.6 Å². The van der Waals surface area contributed by atoms with Crippen LogP contribution < -0.4 is 20.1 Å². The van der Waals surface area contributed by atoms with Gasteiger partial charge < -0.3 is 20.1 Å². The van der Waals surface area contributed by atoms with E-state index in [-0.39, 0.29) is 12.5 Å². The fourth-order valence-corrected chi connectivity index (χ4v) is 3.41. The average Bonchev–Trinajstić information content (AvgIpc) is 2.79. The van der Waals surface area contributed by atoms with Crippen LogP contribution in [0.1, 0.15) is 11.1 Å². The third-order valence-corrected chi connectivity index (χ3v) is 5.02. The Labute approximate surface area is 187 Å². The normalized spacial score (nSPS) is 10.6. The Morgan fingerprint density at radius 3 is 2.44 bits per heavy atom. The van der Waals surface area contributed by atoms with Gasteiger partial charge in [0.2, 0.25) is 0 Å². The van der Waals surface area contributed by atoms with E-state index in [0.717, 1.165) is 39.3 Å². The minimum atomic E-state index is -0.214.